The Bertz CT molecular complexity index is 2100. The first-order chi connectivity index (χ1) is 18.3. The summed E-state index contributed by atoms with van der Waals surface area (Å²) in [7, 11) is 0. The summed E-state index contributed by atoms with van der Waals surface area (Å²) in [4.78, 5) is 5.28. The fraction of sp³-hybridized carbons (Fsp3) is 0. The quantitative estimate of drug-likeness (QED) is 0.221. The molecule has 1 nitrogen and oxygen atoms in total. The number of pyridine rings is 1. The van der Waals surface area contributed by atoms with Crippen molar-refractivity contribution in [3.63, 3.8) is 0 Å². The van der Waals surface area contributed by atoms with Crippen molar-refractivity contribution in [2.24, 2.45) is 0 Å². The SMILES string of the molecule is c1ccc(-c2cc(-c3ccc4c5ccccc5c5ccccc5c4c3)nc3c2sc2ccccc23)cc1. The van der Waals surface area contributed by atoms with Gasteiger partial charge in [-0.3, -0.25) is 0 Å². The van der Waals surface area contributed by atoms with Crippen LogP contribution in [0.25, 0.3) is 75.0 Å². The Hall–Kier alpha value is -4.53. The molecular formula is C35H21NS. The zero-order valence-corrected chi connectivity index (χ0v) is 20.8. The Labute approximate surface area is 218 Å². The Morgan fingerprint density at radius 2 is 1.00 bits per heavy atom. The van der Waals surface area contributed by atoms with E-state index < -0.39 is 0 Å². The molecule has 2 heterocycles. The molecule has 0 aliphatic carbocycles. The molecule has 0 amide bonds. The summed E-state index contributed by atoms with van der Waals surface area (Å²) < 4.78 is 2.52. The summed E-state index contributed by atoms with van der Waals surface area (Å²) in [5.41, 5.74) is 5.70. The molecule has 0 fully saturated rings. The van der Waals surface area contributed by atoms with E-state index in [1.54, 1.807) is 0 Å². The van der Waals surface area contributed by atoms with Crippen molar-refractivity contribution >= 4 is 64.0 Å². The van der Waals surface area contributed by atoms with Gasteiger partial charge in [0.1, 0.15) is 0 Å². The van der Waals surface area contributed by atoms with E-state index in [9.17, 15) is 0 Å². The summed E-state index contributed by atoms with van der Waals surface area (Å²) in [6, 6.07) is 45.9. The van der Waals surface area contributed by atoms with Crippen LogP contribution in [0.2, 0.25) is 0 Å². The molecule has 2 aromatic heterocycles. The van der Waals surface area contributed by atoms with Crippen LogP contribution in [-0.2, 0) is 0 Å². The van der Waals surface area contributed by atoms with E-state index in [1.165, 1.54) is 58.2 Å². The first-order valence-corrected chi connectivity index (χ1v) is 13.4. The van der Waals surface area contributed by atoms with Crippen LogP contribution in [0.3, 0.4) is 0 Å². The number of aromatic nitrogens is 1. The number of benzene rings is 6. The maximum atomic E-state index is 5.28. The maximum Gasteiger partial charge on any atom is 0.0902 e. The van der Waals surface area contributed by atoms with Crippen LogP contribution >= 0.6 is 11.3 Å². The van der Waals surface area contributed by atoms with Crippen molar-refractivity contribution in [2.45, 2.75) is 0 Å². The molecule has 2 heteroatoms. The molecule has 0 aliphatic heterocycles. The second-order valence-electron chi connectivity index (χ2n) is 9.55. The second kappa shape index (κ2) is 7.99. The molecule has 0 atom stereocenters. The minimum atomic E-state index is 1.01. The van der Waals surface area contributed by atoms with E-state index in [2.05, 4.69) is 127 Å². The van der Waals surface area contributed by atoms with Gasteiger partial charge >= 0.3 is 0 Å². The van der Waals surface area contributed by atoms with Crippen molar-refractivity contribution in [1.29, 1.82) is 0 Å². The van der Waals surface area contributed by atoms with E-state index in [-0.39, 0.29) is 0 Å². The molecule has 37 heavy (non-hydrogen) atoms. The lowest BCUT2D eigenvalue weighted by atomic mass is 9.92. The van der Waals surface area contributed by atoms with Crippen LogP contribution in [0, 0.1) is 0 Å². The van der Waals surface area contributed by atoms with Crippen molar-refractivity contribution < 1.29 is 0 Å². The lowest BCUT2D eigenvalue weighted by molar-refractivity contribution is 1.42. The van der Waals surface area contributed by atoms with Gasteiger partial charge in [0, 0.05) is 21.2 Å². The van der Waals surface area contributed by atoms with Gasteiger partial charge < -0.3 is 0 Å². The van der Waals surface area contributed by atoms with Gasteiger partial charge in [-0.15, -0.1) is 11.3 Å². The molecule has 6 aromatic carbocycles. The number of fused-ring (bicyclic) bond motifs is 9. The van der Waals surface area contributed by atoms with Crippen LogP contribution in [0.4, 0.5) is 0 Å². The molecule has 0 saturated heterocycles. The molecule has 0 unspecified atom stereocenters. The third kappa shape index (κ3) is 3.13. The van der Waals surface area contributed by atoms with Crippen LogP contribution < -0.4 is 0 Å². The lowest BCUT2D eigenvalue weighted by Gasteiger charge is -2.13. The highest BCUT2D eigenvalue weighted by molar-refractivity contribution is 7.26. The zero-order valence-electron chi connectivity index (χ0n) is 20.0. The van der Waals surface area contributed by atoms with Gasteiger partial charge in [-0.2, -0.15) is 0 Å². The third-order valence-corrected chi connectivity index (χ3v) is 8.65. The molecule has 0 bridgehead atoms. The summed E-state index contributed by atoms with van der Waals surface area (Å²) in [5, 5.41) is 8.93. The van der Waals surface area contributed by atoms with Gasteiger partial charge in [0.2, 0.25) is 0 Å². The lowest BCUT2D eigenvalue weighted by Crippen LogP contribution is -1.89. The normalized spacial score (nSPS) is 11.8. The van der Waals surface area contributed by atoms with Gasteiger partial charge in [-0.1, -0.05) is 109 Å². The van der Waals surface area contributed by atoms with E-state index in [4.69, 9.17) is 4.98 Å². The van der Waals surface area contributed by atoms with Crippen molar-refractivity contribution in [3.05, 3.63) is 127 Å². The van der Waals surface area contributed by atoms with Crippen LogP contribution in [-0.4, -0.2) is 4.98 Å². The first-order valence-electron chi connectivity index (χ1n) is 12.6. The highest BCUT2D eigenvalue weighted by atomic mass is 32.1. The monoisotopic (exact) mass is 487 g/mol. The molecule has 0 saturated carbocycles. The number of thiophene rings is 1. The summed E-state index contributed by atoms with van der Waals surface area (Å²) >= 11 is 1.83. The molecule has 172 valence electrons. The molecule has 8 rings (SSSR count). The van der Waals surface area contributed by atoms with Crippen molar-refractivity contribution in [3.8, 4) is 22.4 Å². The summed E-state index contributed by atoms with van der Waals surface area (Å²) in [6.45, 7) is 0. The summed E-state index contributed by atoms with van der Waals surface area (Å²) in [6.07, 6.45) is 0. The minimum absolute atomic E-state index is 1.01. The fourth-order valence-electron chi connectivity index (χ4n) is 5.73. The van der Waals surface area contributed by atoms with Gasteiger partial charge in [-0.25, -0.2) is 4.98 Å². The average molecular weight is 488 g/mol. The third-order valence-electron chi connectivity index (χ3n) is 7.45. The largest absolute Gasteiger partial charge is 0.246 e. The van der Waals surface area contributed by atoms with Gasteiger partial charge in [0.05, 0.1) is 15.9 Å². The van der Waals surface area contributed by atoms with Crippen LogP contribution in [0.15, 0.2) is 127 Å². The van der Waals surface area contributed by atoms with E-state index in [0.29, 0.717) is 0 Å². The average Bonchev–Trinajstić information content (AvgIpc) is 3.36. The first kappa shape index (κ1) is 20.6. The highest BCUT2D eigenvalue weighted by Gasteiger charge is 2.16. The van der Waals surface area contributed by atoms with Crippen molar-refractivity contribution in [2.75, 3.05) is 0 Å². The predicted molar refractivity (Wildman–Crippen MR) is 161 cm³/mol. The predicted octanol–water partition coefficient (Wildman–Crippen LogP) is 10.2. The van der Waals surface area contributed by atoms with Crippen molar-refractivity contribution in [1.82, 2.24) is 4.98 Å². The number of nitrogens with zero attached hydrogens (tertiary/aromatic N) is 1. The molecule has 0 radical (unpaired) electrons. The number of hydrogen-bond acceptors (Lipinski definition) is 2. The Morgan fingerprint density at radius 3 is 1.70 bits per heavy atom. The smallest absolute Gasteiger partial charge is 0.0902 e. The second-order valence-corrected chi connectivity index (χ2v) is 10.6. The molecule has 0 aliphatic rings. The summed E-state index contributed by atoms with van der Waals surface area (Å²) in [5.74, 6) is 0. The maximum absolute atomic E-state index is 5.28. The minimum Gasteiger partial charge on any atom is -0.246 e. The van der Waals surface area contributed by atoms with Crippen LogP contribution in [0.1, 0.15) is 0 Å². The highest BCUT2D eigenvalue weighted by Crippen LogP contribution is 2.42. The van der Waals surface area contributed by atoms with E-state index in [1.807, 2.05) is 11.3 Å². The van der Waals surface area contributed by atoms with Gasteiger partial charge in [0.15, 0.2) is 0 Å². The standard InChI is InChI=1S/C35H21NS/c1-2-10-22(11-3-1)30-21-32(36-34-29-16-8-9-17-33(29)37-35(30)34)23-18-19-28-26-14-5-4-12-24(26)25-13-6-7-15-27(25)31(28)20-23/h1-21H. The fourth-order valence-corrected chi connectivity index (χ4v) is 6.91. The molecule has 8 aromatic rings. The number of rotatable bonds is 2. The number of hydrogen-bond donors (Lipinski definition) is 0. The van der Waals surface area contributed by atoms with Crippen LogP contribution in [0.5, 0.6) is 0 Å². The molecular weight excluding hydrogens is 466 g/mol. The van der Waals surface area contributed by atoms with E-state index >= 15 is 0 Å². The topological polar surface area (TPSA) is 12.9 Å². The molecule has 0 spiro atoms. The zero-order chi connectivity index (χ0) is 24.3. The van der Waals surface area contributed by atoms with Gasteiger partial charge in [-0.05, 0) is 56.1 Å². The Balaban J connectivity index is 1.46. The Morgan fingerprint density at radius 1 is 0.432 bits per heavy atom. The Kier molecular flexibility index (Phi) is 4.46. The molecule has 0 N–H and O–H groups in total. The van der Waals surface area contributed by atoms with Gasteiger partial charge in [0.25, 0.3) is 0 Å². The van der Waals surface area contributed by atoms with E-state index in [0.717, 1.165) is 16.8 Å².